The zero-order valence-electron chi connectivity index (χ0n) is 16.2. The van der Waals surface area contributed by atoms with E-state index in [1.54, 1.807) is 12.4 Å². The van der Waals surface area contributed by atoms with Crippen molar-refractivity contribution >= 4 is 23.1 Å². The molecule has 5 heteroatoms. The number of carbonyl (C=O) groups excluding carboxylic acids is 1. The smallest absolute Gasteiger partial charge is 0.275 e. The first-order chi connectivity index (χ1) is 13.6. The summed E-state index contributed by atoms with van der Waals surface area (Å²) in [6.07, 6.45) is 5.38. The number of carbonyl (C=O) groups is 1. The number of nitrogens with one attached hydrogen (secondary N) is 1. The van der Waals surface area contributed by atoms with Gasteiger partial charge in [-0.1, -0.05) is 44.2 Å². The number of rotatable bonds is 4. The highest BCUT2D eigenvalue weighted by Crippen LogP contribution is 2.31. The topological polar surface area (TPSA) is 58.1 Å². The van der Waals surface area contributed by atoms with Crippen LogP contribution in [0.4, 0.5) is 17.2 Å². The van der Waals surface area contributed by atoms with E-state index in [9.17, 15) is 4.79 Å². The molecule has 0 atom stereocenters. The van der Waals surface area contributed by atoms with Crippen molar-refractivity contribution in [3.05, 3.63) is 77.7 Å². The third-order valence-corrected chi connectivity index (χ3v) is 5.09. The number of para-hydroxylation sites is 1. The molecule has 0 aliphatic carbocycles. The maximum atomic E-state index is 12.5. The van der Waals surface area contributed by atoms with E-state index in [1.165, 1.54) is 16.8 Å². The summed E-state index contributed by atoms with van der Waals surface area (Å²) in [4.78, 5) is 23.5. The molecule has 0 spiro atoms. The normalized spacial score (nSPS) is 13.3. The van der Waals surface area contributed by atoms with Gasteiger partial charge in [0.15, 0.2) is 5.82 Å². The van der Waals surface area contributed by atoms with Crippen molar-refractivity contribution in [1.82, 2.24) is 9.97 Å². The zero-order chi connectivity index (χ0) is 19.5. The minimum Gasteiger partial charge on any atom is -0.325 e. The summed E-state index contributed by atoms with van der Waals surface area (Å²) in [5.74, 6) is 0.975. The van der Waals surface area contributed by atoms with Crippen LogP contribution in [0.25, 0.3) is 0 Å². The van der Waals surface area contributed by atoms with E-state index in [-0.39, 0.29) is 5.91 Å². The molecule has 1 aliphatic rings. The van der Waals surface area contributed by atoms with E-state index in [0.29, 0.717) is 11.6 Å². The molecule has 1 aromatic heterocycles. The second-order valence-corrected chi connectivity index (χ2v) is 7.37. The van der Waals surface area contributed by atoms with Gasteiger partial charge in [-0.05, 0) is 48.1 Å². The van der Waals surface area contributed by atoms with Crippen LogP contribution >= 0.6 is 0 Å². The molecule has 3 aromatic rings. The number of hydrogen-bond donors (Lipinski definition) is 1. The molecule has 0 bridgehead atoms. The molecule has 28 heavy (non-hydrogen) atoms. The monoisotopic (exact) mass is 372 g/mol. The Morgan fingerprint density at radius 2 is 1.82 bits per heavy atom. The summed E-state index contributed by atoms with van der Waals surface area (Å²) in [7, 11) is 0. The molecule has 0 unspecified atom stereocenters. The third-order valence-electron chi connectivity index (χ3n) is 5.09. The average Bonchev–Trinajstić information content (AvgIpc) is 2.74. The first-order valence-electron chi connectivity index (χ1n) is 9.70. The van der Waals surface area contributed by atoms with Gasteiger partial charge in [0.1, 0.15) is 5.69 Å². The van der Waals surface area contributed by atoms with Gasteiger partial charge in [-0.15, -0.1) is 0 Å². The van der Waals surface area contributed by atoms with Gasteiger partial charge in [0.2, 0.25) is 0 Å². The van der Waals surface area contributed by atoms with Crippen molar-refractivity contribution in [2.45, 2.75) is 32.6 Å². The lowest BCUT2D eigenvalue weighted by atomic mass is 10.0. The average molecular weight is 372 g/mol. The Balaban J connectivity index is 1.48. The Morgan fingerprint density at radius 1 is 1.04 bits per heavy atom. The quantitative estimate of drug-likeness (QED) is 0.705. The van der Waals surface area contributed by atoms with E-state index in [0.717, 1.165) is 30.9 Å². The van der Waals surface area contributed by atoms with Crippen LogP contribution in [0.1, 0.15) is 47.8 Å². The Kier molecular flexibility index (Phi) is 5.06. The molecular weight excluding hydrogens is 348 g/mol. The number of benzene rings is 2. The molecule has 1 aliphatic heterocycles. The zero-order valence-corrected chi connectivity index (χ0v) is 16.2. The summed E-state index contributed by atoms with van der Waals surface area (Å²) in [5, 5.41) is 2.88. The molecular formula is C23H24N4O. The molecule has 1 amide bonds. The Labute approximate surface area is 165 Å². The van der Waals surface area contributed by atoms with E-state index in [2.05, 4.69) is 52.2 Å². The van der Waals surface area contributed by atoms with E-state index in [4.69, 9.17) is 0 Å². The summed E-state index contributed by atoms with van der Waals surface area (Å²) < 4.78 is 0. The van der Waals surface area contributed by atoms with E-state index in [1.807, 2.05) is 30.3 Å². The van der Waals surface area contributed by atoms with Crippen molar-refractivity contribution in [2.75, 3.05) is 16.8 Å². The predicted molar refractivity (Wildman–Crippen MR) is 112 cm³/mol. The van der Waals surface area contributed by atoms with Gasteiger partial charge in [-0.2, -0.15) is 0 Å². The van der Waals surface area contributed by atoms with Gasteiger partial charge in [-0.3, -0.25) is 4.79 Å². The summed E-state index contributed by atoms with van der Waals surface area (Å²) in [5.41, 5.74) is 4.80. The fraction of sp³-hybridized carbons (Fsp3) is 0.261. The molecule has 2 aromatic carbocycles. The second kappa shape index (κ2) is 7.80. The fourth-order valence-corrected chi connectivity index (χ4v) is 3.50. The summed E-state index contributed by atoms with van der Waals surface area (Å²) in [6.45, 7) is 5.19. The van der Waals surface area contributed by atoms with Crippen molar-refractivity contribution in [1.29, 1.82) is 0 Å². The molecule has 5 nitrogen and oxygen atoms in total. The molecule has 4 rings (SSSR count). The van der Waals surface area contributed by atoms with Crippen LogP contribution in [0.15, 0.2) is 60.9 Å². The van der Waals surface area contributed by atoms with Crippen LogP contribution in [0.3, 0.4) is 0 Å². The van der Waals surface area contributed by atoms with Crippen molar-refractivity contribution in [2.24, 2.45) is 0 Å². The molecule has 2 heterocycles. The van der Waals surface area contributed by atoms with Crippen LogP contribution in [0.5, 0.6) is 0 Å². The Bertz CT molecular complexity index is 965. The van der Waals surface area contributed by atoms with Crippen LogP contribution in [0, 0.1) is 0 Å². The highest BCUT2D eigenvalue weighted by Gasteiger charge is 2.19. The number of fused-ring (bicyclic) bond motifs is 1. The number of aromatic nitrogens is 2. The molecule has 0 radical (unpaired) electrons. The Morgan fingerprint density at radius 3 is 2.54 bits per heavy atom. The summed E-state index contributed by atoms with van der Waals surface area (Å²) in [6, 6.07) is 16.3. The van der Waals surface area contributed by atoms with Crippen LogP contribution in [0.2, 0.25) is 0 Å². The maximum absolute atomic E-state index is 12.5. The van der Waals surface area contributed by atoms with E-state index < -0.39 is 0 Å². The van der Waals surface area contributed by atoms with Crippen molar-refractivity contribution in [3.8, 4) is 0 Å². The summed E-state index contributed by atoms with van der Waals surface area (Å²) >= 11 is 0. The second-order valence-electron chi connectivity index (χ2n) is 7.37. The SMILES string of the molecule is CC(C)c1ccc(NC(=O)c2cnc(N3CCCc4ccccc43)cn2)cc1. The van der Waals surface area contributed by atoms with E-state index >= 15 is 0 Å². The van der Waals surface area contributed by atoms with Gasteiger partial charge in [0.25, 0.3) is 5.91 Å². The largest absolute Gasteiger partial charge is 0.325 e. The third kappa shape index (κ3) is 3.74. The lowest BCUT2D eigenvalue weighted by Gasteiger charge is -2.30. The fourth-order valence-electron chi connectivity index (χ4n) is 3.50. The number of anilines is 3. The van der Waals surface area contributed by atoms with Gasteiger partial charge < -0.3 is 10.2 Å². The number of amides is 1. The van der Waals surface area contributed by atoms with Gasteiger partial charge in [0, 0.05) is 17.9 Å². The highest BCUT2D eigenvalue weighted by atomic mass is 16.1. The molecule has 0 saturated heterocycles. The first kappa shape index (κ1) is 18.2. The lowest BCUT2D eigenvalue weighted by Crippen LogP contribution is -2.25. The van der Waals surface area contributed by atoms with Crippen LogP contribution in [-0.4, -0.2) is 22.4 Å². The van der Waals surface area contributed by atoms with Crippen LogP contribution < -0.4 is 10.2 Å². The maximum Gasteiger partial charge on any atom is 0.275 e. The molecule has 142 valence electrons. The van der Waals surface area contributed by atoms with Gasteiger partial charge in [0.05, 0.1) is 12.4 Å². The Hall–Kier alpha value is -3.21. The minimum atomic E-state index is -0.254. The van der Waals surface area contributed by atoms with Crippen molar-refractivity contribution < 1.29 is 4.79 Å². The van der Waals surface area contributed by atoms with Crippen LogP contribution in [-0.2, 0) is 6.42 Å². The molecule has 0 fully saturated rings. The standard InChI is InChI=1S/C23H24N4O/c1-16(2)17-9-11-19(12-10-17)26-23(28)20-14-25-22(15-24-20)27-13-5-7-18-6-3-4-8-21(18)27/h3-4,6,8-12,14-16H,5,7,13H2,1-2H3,(H,26,28). The number of aryl methyl sites for hydroxylation is 1. The van der Waals surface area contributed by atoms with Gasteiger partial charge >= 0.3 is 0 Å². The van der Waals surface area contributed by atoms with Crippen molar-refractivity contribution in [3.63, 3.8) is 0 Å². The molecule has 1 N–H and O–H groups in total. The molecule has 0 saturated carbocycles. The van der Waals surface area contributed by atoms with Gasteiger partial charge in [-0.25, -0.2) is 9.97 Å². The highest BCUT2D eigenvalue weighted by molar-refractivity contribution is 6.02. The lowest BCUT2D eigenvalue weighted by molar-refractivity contribution is 0.102. The first-order valence-corrected chi connectivity index (χ1v) is 9.70. The predicted octanol–water partition coefficient (Wildman–Crippen LogP) is 4.94. The minimum absolute atomic E-state index is 0.254. The number of hydrogen-bond acceptors (Lipinski definition) is 4. The number of nitrogens with zero attached hydrogens (tertiary/aromatic N) is 3.